The quantitative estimate of drug-likeness (QED) is 0.846. The molecule has 1 aliphatic rings. The predicted molar refractivity (Wildman–Crippen MR) is 65.7 cm³/mol. The van der Waals surface area contributed by atoms with E-state index >= 15 is 0 Å². The third kappa shape index (κ3) is 2.49. The van der Waals surface area contributed by atoms with Crippen LogP contribution < -0.4 is 10.2 Å². The molecule has 1 aromatic heterocycles. The average molecular weight is 225 g/mol. The summed E-state index contributed by atoms with van der Waals surface area (Å²) in [5.41, 5.74) is 1.23. The fourth-order valence-corrected chi connectivity index (χ4v) is 3.01. The van der Waals surface area contributed by atoms with E-state index in [1.165, 1.54) is 23.8 Å². The Kier molecular flexibility index (Phi) is 3.59. The number of thiazole rings is 1. The molecule has 1 fully saturated rings. The van der Waals surface area contributed by atoms with E-state index in [1.54, 1.807) is 11.3 Å². The van der Waals surface area contributed by atoms with Crippen LogP contribution in [0.15, 0.2) is 5.38 Å². The van der Waals surface area contributed by atoms with Crippen molar-refractivity contribution in [2.45, 2.75) is 19.8 Å². The van der Waals surface area contributed by atoms with Gasteiger partial charge in [0.15, 0.2) is 5.13 Å². The van der Waals surface area contributed by atoms with Crippen molar-refractivity contribution in [2.24, 2.45) is 5.92 Å². The number of hydrogen-bond acceptors (Lipinski definition) is 4. The molecule has 4 heteroatoms. The number of hydrogen-bond donors (Lipinski definition) is 1. The lowest BCUT2D eigenvalue weighted by molar-refractivity contribution is 0.549. The van der Waals surface area contributed by atoms with Crippen LogP contribution >= 0.6 is 11.3 Å². The molecule has 1 saturated heterocycles. The second-order valence-electron chi connectivity index (χ2n) is 4.13. The Labute approximate surface area is 95.5 Å². The van der Waals surface area contributed by atoms with Gasteiger partial charge in [0.2, 0.25) is 0 Å². The topological polar surface area (TPSA) is 28.2 Å². The second-order valence-corrected chi connectivity index (χ2v) is 4.97. The van der Waals surface area contributed by atoms with Crippen molar-refractivity contribution in [1.29, 1.82) is 0 Å². The van der Waals surface area contributed by atoms with Gasteiger partial charge in [0.1, 0.15) is 0 Å². The summed E-state index contributed by atoms with van der Waals surface area (Å²) >= 11 is 1.79. The lowest BCUT2D eigenvalue weighted by Gasteiger charge is -2.14. The van der Waals surface area contributed by atoms with E-state index in [1.807, 2.05) is 7.05 Å². The van der Waals surface area contributed by atoms with Crippen molar-refractivity contribution in [1.82, 2.24) is 10.3 Å². The van der Waals surface area contributed by atoms with Crippen molar-refractivity contribution >= 4 is 16.5 Å². The molecule has 3 nitrogen and oxygen atoms in total. The normalized spacial score (nSPS) is 21.2. The van der Waals surface area contributed by atoms with Crippen LogP contribution in [0.25, 0.3) is 0 Å². The molecule has 0 saturated carbocycles. The van der Waals surface area contributed by atoms with Gasteiger partial charge >= 0.3 is 0 Å². The molecular formula is C11H19N3S. The number of aryl methyl sites for hydroxylation is 1. The zero-order valence-electron chi connectivity index (χ0n) is 9.49. The van der Waals surface area contributed by atoms with Crippen molar-refractivity contribution < 1.29 is 0 Å². The fourth-order valence-electron chi connectivity index (χ4n) is 2.07. The van der Waals surface area contributed by atoms with E-state index in [9.17, 15) is 0 Å². The van der Waals surface area contributed by atoms with Gasteiger partial charge in [0.05, 0.1) is 5.69 Å². The van der Waals surface area contributed by atoms with Gasteiger partial charge in [-0.2, -0.15) is 0 Å². The number of nitrogens with zero attached hydrogens (tertiary/aromatic N) is 2. The number of aromatic nitrogens is 1. The van der Waals surface area contributed by atoms with E-state index in [4.69, 9.17) is 0 Å². The Bertz CT molecular complexity index is 311. The molecule has 84 valence electrons. The van der Waals surface area contributed by atoms with Crippen LogP contribution in [-0.2, 0) is 6.42 Å². The summed E-state index contributed by atoms with van der Waals surface area (Å²) < 4.78 is 0. The van der Waals surface area contributed by atoms with Crippen molar-refractivity contribution in [3.8, 4) is 0 Å². The summed E-state index contributed by atoms with van der Waals surface area (Å²) in [5, 5.41) is 6.65. The zero-order chi connectivity index (χ0) is 10.7. The summed E-state index contributed by atoms with van der Waals surface area (Å²) in [7, 11) is 2.03. The first kappa shape index (κ1) is 10.9. The van der Waals surface area contributed by atoms with Crippen LogP contribution in [-0.4, -0.2) is 31.7 Å². The van der Waals surface area contributed by atoms with E-state index in [0.717, 1.165) is 25.4 Å². The third-order valence-electron chi connectivity index (χ3n) is 2.95. The highest BCUT2D eigenvalue weighted by Crippen LogP contribution is 2.26. The van der Waals surface area contributed by atoms with Crippen LogP contribution in [0.5, 0.6) is 0 Å². The van der Waals surface area contributed by atoms with Gasteiger partial charge in [-0.15, -0.1) is 11.3 Å². The standard InChI is InChI=1S/C11H19N3S/c1-3-10-8-15-11(13-10)14-5-4-9(7-14)6-12-2/h8-9,12H,3-7H2,1-2H3. The molecule has 1 aromatic rings. The lowest BCUT2D eigenvalue weighted by Crippen LogP contribution is -2.24. The predicted octanol–water partition coefficient (Wildman–Crippen LogP) is 1.75. The molecule has 0 aliphatic carbocycles. The Hall–Kier alpha value is -0.610. The largest absolute Gasteiger partial charge is 0.348 e. The van der Waals surface area contributed by atoms with E-state index in [-0.39, 0.29) is 0 Å². The maximum absolute atomic E-state index is 4.63. The highest BCUT2D eigenvalue weighted by atomic mass is 32.1. The van der Waals surface area contributed by atoms with E-state index in [2.05, 4.69) is 27.5 Å². The molecule has 0 aromatic carbocycles. The Morgan fingerprint density at radius 3 is 3.20 bits per heavy atom. The minimum absolute atomic E-state index is 0.795. The van der Waals surface area contributed by atoms with Gasteiger partial charge in [-0.1, -0.05) is 6.92 Å². The summed E-state index contributed by atoms with van der Waals surface area (Å²) in [6.07, 6.45) is 2.34. The summed E-state index contributed by atoms with van der Waals surface area (Å²) in [6, 6.07) is 0. The fraction of sp³-hybridized carbons (Fsp3) is 0.727. The minimum Gasteiger partial charge on any atom is -0.348 e. The average Bonchev–Trinajstić information content (AvgIpc) is 2.85. The Morgan fingerprint density at radius 1 is 1.67 bits per heavy atom. The lowest BCUT2D eigenvalue weighted by atomic mass is 10.1. The minimum atomic E-state index is 0.795. The number of rotatable bonds is 4. The Morgan fingerprint density at radius 2 is 2.53 bits per heavy atom. The summed E-state index contributed by atoms with van der Waals surface area (Å²) in [5.74, 6) is 0.795. The molecule has 1 unspecified atom stereocenters. The first-order valence-electron chi connectivity index (χ1n) is 5.67. The van der Waals surface area contributed by atoms with E-state index in [0.29, 0.717) is 0 Å². The van der Waals surface area contributed by atoms with Crippen LogP contribution in [0.4, 0.5) is 5.13 Å². The summed E-state index contributed by atoms with van der Waals surface area (Å²) in [6.45, 7) is 5.62. The molecule has 0 spiro atoms. The monoisotopic (exact) mass is 225 g/mol. The molecule has 0 amide bonds. The molecule has 2 heterocycles. The second kappa shape index (κ2) is 4.94. The molecule has 15 heavy (non-hydrogen) atoms. The van der Waals surface area contributed by atoms with Gasteiger partial charge in [-0.25, -0.2) is 4.98 Å². The number of nitrogens with one attached hydrogen (secondary N) is 1. The van der Waals surface area contributed by atoms with Gasteiger partial charge in [0, 0.05) is 18.5 Å². The third-order valence-corrected chi connectivity index (χ3v) is 3.90. The van der Waals surface area contributed by atoms with Gasteiger partial charge in [0.25, 0.3) is 0 Å². The molecule has 2 rings (SSSR count). The first-order valence-corrected chi connectivity index (χ1v) is 6.55. The van der Waals surface area contributed by atoms with Gasteiger partial charge in [-0.05, 0) is 32.4 Å². The zero-order valence-corrected chi connectivity index (χ0v) is 10.3. The van der Waals surface area contributed by atoms with Crippen LogP contribution in [0, 0.1) is 5.92 Å². The Balaban J connectivity index is 1.95. The van der Waals surface area contributed by atoms with E-state index < -0.39 is 0 Å². The highest BCUT2D eigenvalue weighted by Gasteiger charge is 2.23. The molecule has 1 aliphatic heterocycles. The van der Waals surface area contributed by atoms with Crippen molar-refractivity contribution in [3.63, 3.8) is 0 Å². The van der Waals surface area contributed by atoms with Gasteiger partial charge in [-0.3, -0.25) is 0 Å². The van der Waals surface area contributed by atoms with Crippen LogP contribution in [0.3, 0.4) is 0 Å². The maximum Gasteiger partial charge on any atom is 0.185 e. The maximum atomic E-state index is 4.63. The summed E-state index contributed by atoms with van der Waals surface area (Å²) in [4.78, 5) is 7.05. The van der Waals surface area contributed by atoms with Crippen molar-refractivity contribution in [3.05, 3.63) is 11.1 Å². The SMILES string of the molecule is CCc1csc(N2CCC(CNC)C2)n1. The highest BCUT2D eigenvalue weighted by molar-refractivity contribution is 7.13. The van der Waals surface area contributed by atoms with Crippen LogP contribution in [0.2, 0.25) is 0 Å². The molecule has 1 atom stereocenters. The molecule has 0 radical (unpaired) electrons. The molecular weight excluding hydrogens is 206 g/mol. The molecule has 1 N–H and O–H groups in total. The molecule has 0 bridgehead atoms. The first-order chi connectivity index (χ1) is 7.33. The number of anilines is 1. The smallest absolute Gasteiger partial charge is 0.185 e. The van der Waals surface area contributed by atoms with Crippen LogP contribution in [0.1, 0.15) is 19.0 Å². The van der Waals surface area contributed by atoms with Crippen molar-refractivity contribution in [2.75, 3.05) is 31.6 Å². The van der Waals surface area contributed by atoms with Gasteiger partial charge < -0.3 is 10.2 Å².